The first-order chi connectivity index (χ1) is 11.6. The predicted octanol–water partition coefficient (Wildman–Crippen LogP) is 3.25. The van der Waals surface area contributed by atoms with Crippen molar-refractivity contribution in [3.05, 3.63) is 59.1 Å². The maximum absolute atomic E-state index is 12.2. The molecule has 0 bridgehead atoms. The number of carbonyl (C=O) groups is 2. The zero-order valence-electron chi connectivity index (χ0n) is 12.9. The molecule has 0 saturated heterocycles. The summed E-state index contributed by atoms with van der Waals surface area (Å²) in [6.45, 7) is -0.168. The lowest BCUT2D eigenvalue weighted by Gasteiger charge is -2.12. The molecule has 6 heteroatoms. The first kappa shape index (κ1) is 16.3. The summed E-state index contributed by atoms with van der Waals surface area (Å²) in [5.41, 5.74) is 0.913. The normalized spacial score (nSPS) is 13.2. The van der Waals surface area contributed by atoms with E-state index < -0.39 is 0 Å². The summed E-state index contributed by atoms with van der Waals surface area (Å²) in [6, 6.07) is 14.0. The highest BCUT2D eigenvalue weighted by atomic mass is 35.5. The number of para-hydroxylation sites is 1. The van der Waals surface area contributed by atoms with Gasteiger partial charge in [0.05, 0.1) is 11.3 Å². The Hall–Kier alpha value is -2.53. The lowest BCUT2D eigenvalue weighted by Crippen LogP contribution is -2.27. The Morgan fingerprint density at radius 2 is 1.92 bits per heavy atom. The van der Waals surface area contributed by atoms with Crippen LogP contribution in [0.2, 0.25) is 5.02 Å². The number of benzene rings is 2. The molecule has 0 radical (unpaired) electrons. The van der Waals surface area contributed by atoms with Crippen molar-refractivity contribution in [1.82, 2.24) is 5.32 Å². The van der Waals surface area contributed by atoms with Gasteiger partial charge in [-0.25, -0.2) is 0 Å². The summed E-state index contributed by atoms with van der Waals surface area (Å²) in [7, 11) is 0. The van der Waals surface area contributed by atoms with E-state index in [1.165, 1.54) is 0 Å². The number of rotatable bonds is 6. The van der Waals surface area contributed by atoms with E-state index in [9.17, 15) is 9.59 Å². The Morgan fingerprint density at radius 1 is 1.12 bits per heavy atom. The van der Waals surface area contributed by atoms with E-state index in [0.29, 0.717) is 22.0 Å². The third-order valence-electron chi connectivity index (χ3n) is 3.52. The van der Waals surface area contributed by atoms with Crippen LogP contribution < -0.4 is 15.4 Å². The maximum Gasteiger partial charge on any atom is 0.262 e. The molecule has 0 aliphatic heterocycles. The summed E-state index contributed by atoms with van der Waals surface area (Å²) < 4.78 is 5.40. The molecule has 1 fully saturated rings. The minimum absolute atomic E-state index is 0.168. The average Bonchev–Trinajstić information content (AvgIpc) is 3.37. The zero-order chi connectivity index (χ0) is 16.9. The third-order valence-corrected chi connectivity index (χ3v) is 3.76. The van der Waals surface area contributed by atoms with E-state index >= 15 is 0 Å². The fourth-order valence-corrected chi connectivity index (χ4v) is 2.35. The van der Waals surface area contributed by atoms with Crippen LogP contribution in [-0.4, -0.2) is 24.5 Å². The van der Waals surface area contributed by atoms with Crippen LogP contribution in [-0.2, 0) is 4.79 Å². The molecule has 2 aromatic rings. The summed E-state index contributed by atoms with van der Waals surface area (Å²) in [5, 5.41) is 6.16. The number of hydrogen-bond donors (Lipinski definition) is 2. The maximum atomic E-state index is 12.2. The fraction of sp³-hybridized carbons (Fsp3) is 0.222. The highest BCUT2D eigenvalue weighted by molar-refractivity contribution is 6.30. The van der Waals surface area contributed by atoms with Crippen molar-refractivity contribution in [1.29, 1.82) is 0 Å². The summed E-state index contributed by atoms with van der Waals surface area (Å²) in [6.07, 6.45) is 2.02. The molecule has 0 heterocycles. The topological polar surface area (TPSA) is 67.4 Å². The molecule has 0 aromatic heterocycles. The highest BCUT2D eigenvalue weighted by Gasteiger charge is 2.25. The van der Waals surface area contributed by atoms with Crippen LogP contribution >= 0.6 is 11.6 Å². The zero-order valence-corrected chi connectivity index (χ0v) is 13.7. The Morgan fingerprint density at radius 3 is 2.67 bits per heavy atom. The lowest BCUT2D eigenvalue weighted by molar-refractivity contribution is -0.118. The molecule has 0 spiro atoms. The monoisotopic (exact) mass is 344 g/mol. The van der Waals surface area contributed by atoms with Crippen LogP contribution in [0.3, 0.4) is 0 Å². The number of anilines is 1. The van der Waals surface area contributed by atoms with Crippen LogP contribution in [0.5, 0.6) is 5.75 Å². The minimum atomic E-state index is -0.346. The summed E-state index contributed by atoms with van der Waals surface area (Å²) in [5.74, 6) is -0.0109. The molecule has 1 aliphatic rings. The molecule has 2 N–H and O–H groups in total. The van der Waals surface area contributed by atoms with Crippen molar-refractivity contribution in [2.45, 2.75) is 18.9 Å². The smallest absolute Gasteiger partial charge is 0.262 e. The van der Waals surface area contributed by atoms with Gasteiger partial charge in [0.15, 0.2) is 6.61 Å². The van der Waals surface area contributed by atoms with Gasteiger partial charge in [0.25, 0.3) is 11.8 Å². The molecule has 24 heavy (non-hydrogen) atoms. The molecule has 1 saturated carbocycles. The van der Waals surface area contributed by atoms with E-state index in [1.54, 1.807) is 48.5 Å². The molecular weight excluding hydrogens is 328 g/mol. The van der Waals surface area contributed by atoms with Crippen LogP contribution in [0, 0.1) is 0 Å². The standard InChI is InChI=1S/C18H17ClN2O3/c19-12-4-3-5-14(10-12)24-11-17(22)21-16-7-2-1-6-15(16)18(23)20-13-8-9-13/h1-7,10,13H,8-9,11H2,(H,20,23)(H,21,22). The van der Waals surface area contributed by atoms with Crippen molar-refractivity contribution in [2.75, 3.05) is 11.9 Å². The van der Waals surface area contributed by atoms with Crippen molar-refractivity contribution < 1.29 is 14.3 Å². The van der Waals surface area contributed by atoms with Gasteiger partial charge in [0, 0.05) is 11.1 Å². The Bertz CT molecular complexity index is 759. The minimum Gasteiger partial charge on any atom is -0.484 e. The van der Waals surface area contributed by atoms with Gasteiger partial charge in [-0.05, 0) is 43.2 Å². The Kier molecular flexibility index (Phi) is 5.01. The Balaban J connectivity index is 1.60. The second-order valence-electron chi connectivity index (χ2n) is 5.59. The highest BCUT2D eigenvalue weighted by Crippen LogP contribution is 2.22. The van der Waals surface area contributed by atoms with Gasteiger partial charge in [0.2, 0.25) is 0 Å². The van der Waals surface area contributed by atoms with E-state index in [-0.39, 0.29) is 24.5 Å². The summed E-state index contributed by atoms with van der Waals surface area (Å²) in [4.78, 5) is 24.3. The third kappa shape index (κ3) is 4.49. The number of halogens is 1. The lowest BCUT2D eigenvalue weighted by atomic mass is 10.1. The average molecular weight is 345 g/mol. The molecule has 124 valence electrons. The van der Waals surface area contributed by atoms with E-state index in [4.69, 9.17) is 16.3 Å². The Labute approximate surface area is 145 Å². The predicted molar refractivity (Wildman–Crippen MR) is 92.5 cm³/mol. The fourth-order valence-electron chi connectivity index (χ4n) is 2.17. The van der Waals surface area contributed by atoms with Crippen LogP contribution in [0.25, 0.3) is 0 Å². The van der Waals surface area contributed by atoms with Crippen LogP contribution in [0.15, 0.2) is 48.5 Å². The molecule has 3 rings (SSSR count). The molecule has 5 nitrogen and oxygen atoms in total. The number of amides is 2. The van der Waals surface area contributed by atoms with Gasteiger partial charge in [-0.15, -0.1) is 0 Å². The quantitative estimate of drug-likeness (QED) is 0.845. The summed E-state index contributed by atoms with van der Waals surface area (Å²) >= 11 is 5.87. The van der Waals surface area contributed by atoms with Gasteiger partial charge in [0.1, 0.15) is 5.75 Å². The van der Waals surface area contributed by atoms with Crippen molar-refractivity contribution >= 4 is 29.1 Å². The van der Waals surface area contributed by atoms with Crippen LogP contribution in [0.4, 0.5) is 5.69 Å². The van der Waals surface area contributed by atoms with Gasteiger partial charge in [-0.1, -0.05) is 29.8 Å². The van der Waals surface area contributed by atoms with Gasteiger partial charge < -0.3 is 15.4 Å². The first-order valence-electron chi connectivity index (χ1n) is 7.70. The second kappa shape index (κ2) is 7.36. The molecule has 2 amide bonds. The molecule has 1 aliphatic carbocycles. The second-order valence-corrected chi connectivity index (χ2v) is 6.02. The number of nitrogens with one attached hydrogen (secondary N) is 2. The molecule has 0 atom stereocenters. The van der Waals surface area contributed by atoms with E-state index in [1.807, 2.05) is 0 Å². The van der Waals surface area contributed by atoms with E-state index in [2.05, 4.69) is 10.6 Å². The SMILES string of the molecule is O=C(COc1cccc(Cl)c1)Nc1ccccc1C(=O)NC1CC1. The van der Waals surface area contributed by atoms with Crippen molar-refractivity contribution in [3.63, 3.8) is 0 Å². The largest absolute Gasteiger partial charge is 0.484 e. The van der Waals surface area contributed by atoms with Gasteiger partial charge in [-0.2, -0.15) is 0 Å². The molecular formula is C18H17ClN2O3. The molecule has 2 aromatic carbocycles. The number of hydrogen-bond acceptors (Lipinski definition) is 3. The van der Waals surface area contributed by atoms with Crippen molar-refractivity contribution in [3.8, 4) is 5.75 Å². The number of carbonyl (C=O) groups excluding carboxylic acids is 2. The van der Waals surface area contributed by atoms with Gasteiger partial charge in [-0.3, -0.25) is 9.59 Å². The van der Waals surface area contributed by atoms with E-state index in [0.717, 1.165) is 12.8 Å². The number of ether oxygens (including phenoxy) is 1. The molecule has 0 unspecified atom stereocenters. The van der Waals surface area contributed by atoms with Crippen LogP contribution in [0.1, 0.15) is 23.2 Å². The first-order valence-corrected chi connectivity index (χ1v) is 8.08. The van der Waals surface area contributed by atoms with Gasteiger partial charge >= 0.3 is 0 Å². The van der Waals surface area contributed by atoms with Crippen molar-refractivity contribution in [2.24, 2.45) is 0 Å².